The van der Waals surface area contributed by atoms with Gasteiger partial charge in [0.25, 0.3) is 0 Å². The molecule has 1 saturated heterocycles. The first-order chi connectivity index (χ1) is 13.5. The Bertz CT molecular complexity index is 878. The maximum absolute atomic E-state index is 13.1. The predicted octanol–water partition coefficient (Wildman–Crippen LogP) is 4.97. The number of benzene rings is 1. The van der Waals surface area contributed by atoms with E-state index in [-0.39, 0.29) is 22.7 Å². The zero-order valence-electron chi connectivity index (χ0n) is 18.3. The van der Waals surface area contributed by atoms with E-state index in [0.717, 1.165) is 12.0 Å². The zero-order chi connectivity index (χ0) is 21.5. The third kappa shape index (κ3) is 4.13. The van der Waals surface area contributed by atoms with Crippen LogP contribution in [0.4, 0.5) is 0 Å². The monoisotopic (exact) mass is 414 g/mol. The number of aliphatic imine (C=N–C) groups is 1. The fourth-order valence-corrected chi connectivity index (χ4v) is 4.74. The lowest BCUT2D eigenvalue weighted by molar-refractivity contribution is -0.143. The van der Waals surface area contributed by atoms with E-state index < -0.39 is 12.0 Å². The smallest absolute Gasteiger partial charge is 0.338 e. The van der Waals surface area contributed by atoms with E-state index in [4.69, 9.17) is 4.74 Å². The molecule has 0 bridgehead atoms. The van der Waals surface area contributed by atoms with E-state index in [1.165, 1.54) is 17.3 Å². The molecule has 0 saturated carbocycles. The highest BCUT2D eigenvalue weighted by molar-refractivity contribution is 8.15. The molecular formula is C23H30N2O3S. The second-order valence-corrected chi connectivity index (χ2v) is 10.0. The van der Waals surface area contributed by atoms with E-state index in [1.54, 1.807) is 4.90 Å². The van der Waals surface area contributed by atoms with Crippen LogP contribution in [0.15, 0.2) is 40.5 Å². The van der Waals surface area contributed by atoms with Crippen LogP contribution < -0.4 is 0 Å². The van der Waals surface area contributed by atoms with Crippen molar-refractivity contribution in [2.75, 3.05) is 0 Å². The molecule has 3 rings (SSSR count). The summed E-state index contributed by atoms with van der Waals surface area (Å²) >= 11 is 1.48. The summed E-state index contributed by atoms with van der Waals surface area (Å²) in [7, 11) is 0. The summed E-state index contributed by atoms with van der Waals surface area (Å²) in [6.45, 7) is 13.9. The standard InChI is InChI=1S/C23H30N2O3S/c1-8-17-20(26)25-19(15-9-11-16(12-10-15)23(5,6)7)18(21(27)28-13(2)3)14(4)24-22(25)29-17/h9-13,17,19H,8H2,1-7H3/t17-,19+/m1/s1. The maximum atomic E-state index is 13.1. The Morgan fingerprint density at radius 3 is 2.38 bits per heavy atom. The predicted molar refractivity (Wildman–Crippen MR) is 118 cm³/mol. The topological polar surface area (TPSA) is 59.0 Å². The number of hydrogen-bond acceptors (Lipinski definition) is 5. The Morgan fingerprint density at radius 2 is 1.86 bits per heavy atom. The molecule has 2 heterocycles. The Balaban J connectivity index is 2.11. The van der Waals surface area contributed by atoms with Gasteiger partial charge in [0.2, 0.25) is 5.91 Å². The highest BCUT2D eigenvalue weighted by Gasteiger charge is 2.47. The fourth-order valence-electron chi connectivity index (χ4n) is 3.61. The minimum Gasteiger partial charge on any atom is -0.459 e. The summed E-state index contributed by atoms with van der Waals surface area (Å²) in [6, 6.07) is 7.67. The largest absolute Gasteiger partial charge is 0.459 e. The first-order valence-corrected chi connectivity index (χ1v) is 11.0. The Morgan fingerprint density at radius 1 is 1.24 bits per heavy atom. The van der Waals surface area contributed by atoms with Gasteiger partial charge in [-0.1, -0.05) is 63.7 Å². The van der Waals surface area contributed by atoms with Crippen molar-refractivity contribution in [3.63, 3.8) is 0 Å². The Hall–Kier alpha value is -2.08. The van der Waals surface area contributed by atoms with Crippen molar-refractivity contribution in [2.24, 2.45) is 4.99 Å². The molecule has 29 heavy (non-hydrogen) atoms. The molecule has 0 unspecified atom stereocenters. The van der Waals surface area contributed by atoms with Crippen LogP contribution in [-0.4, -0.2) is 33.3 Å². The van der Waals surface area contributed by atoms with Gasteiger partial charge in [0, 0.05) is 0 Å². The molecule has 2 aliphatic heterocycles. The number of amides is 1. The van der Waals surface area contributed by atoms with Gasteiger partial charge < -0.3 is 4.74 Å². The minimum absolute atomic E-state index is 0.00324. The SMILES string of the molecule is CC[C@H]1SC2=NC(C)=C(C(=O)OC(C)C)[C@H](c3ccc(C(C)(C)C)cc3)N2C1=O. The summed E-state index contributed by atoms with van der Waals surface area (Å²) in [5, 5.41) is 0.503. The Kier molecular flexibility index (Phi) is 5.95. The number of amidine groups is 1. The van der Waals surface area contributed by atoms with E-state index in [1.807, 2.05) is 39.8 Å². The molecule has 2 atom stereocenters. The molecule has 1 aromatic rings. The molecule has 0 radical (unpaired) electrons. The summed E-state index contributed by atoms with van der Waals surface area (Å²) in [6.07, 6.45) is 0.476. The second kappa shape index (κ2) is 7.98. The summed E-state index contributed by atoms with van der Waals surface area (Å²) in [4.78, 5) is 32.4. The average Bonchev–Trinajstić information content (AvgIpc) is 2.94. The third-order valence-corrected chi connectivity index (χ3v) is 6.50. The lowest BCUT2D eigenvalue weighted by Crippen LogP contribution is -2.41. The van der Waals surface area contributed by atoms with Crippen LogP contribution in [0, 0.1) is 0 Å². The van der Waals surface area contributed by atoms with Gasteiger partial charge in [-0.05, 0) is 43.7 Å². The summed E-state index contributed by atoms with van der Waals surface area (Å²) in [5.74, 6) is -0.411. The molecule has 2 aliphatic rings. The fraction of sp³-hybridized carbons (Fsp3) is 0.522. The van der Waals surface area contributed by atoms with Crippen molar-refractivity contribution in [1.29, 1.82) is 0 Å². The van der Waals surface area contributed by atoms with Gasteiger partial charge in [-0.15, -0.1) is 0 Å². The maximum Gasteiger partial charge on any atom is 0.338 e. The summed E-state index contributed by atoms with van der Waals surface area (Å²) < 4.78 is 5.52. The molecular weight excluding hydrogens is 384 g/mol. The number of allylic oxidation sites excluding steroid dienone is 1. The van der Waals surface area contributed by atoms with E-state index in [9.17, 15) is 9.59 Å². The highest BCUT2D eigenvalue weighted by atomic mass is 32.2. The highest BCUT2D eigenvalue weighted by Crippen LogP contribution is 2.44. The van der Waals surface area contributed by atoms with Crippen LogP contribution in [0.3, 0.4) is 0 Å². The molecule has 156 valence electrons. The van der Waals surface area contributed by atoms with Crippen molar-refractivity contribution in [3.8, 4) is 0 Å². The molecule has 6 heteroatoms. The normalized spacial score (nSPS) is 22.1. The van der Waals surface area contributed by atoms with Crippen molar-refractivity contribution in [3.05, 3.63) is 46.7 Å². The van der Waals surface area contributed by atoms with Gasteiger partial charge in [0.15, 0.2) is 5.17 Å². The van der Waals surface area contributed by atoms with Crippen LogP contribution in [0.1, 0.15) is 72.1 Å². The molecule has 0 N–H and O–H groups in total. The summed E-state index contributed by atoms with van der Waals surface area (Å²) in [5.41, 5.74) is 3.17. The number of ether oxygens (including phenoxy) is 1. The number of fused-ring (bicyclic) bond motifs is 1. The first kappa shape index (κ1) is 21.6. The van der Waals surface area contributed by atoms with Crippen LogP contribution in [0.5, 0.6) is 0 Å². The van der Waals surface area contributed by atoms with Gasteiger partial charge in [-0.2, -0.15) is 0 Å². The number of carbonyl (C=O) groups is 2. The van der Waals surface area contributed by atoms with Crippen LogP contribution >= 0.6 is 11.8 Å². The number of hydrogen-bond donors (Lipinski definition) is 0. The lowest BCUT2D eigenvalue weighted by Gasteiger charge is -2.33. The van der Waals surface area contributed by atoms with Crippen LogP contribution in [0.2, 0.25) is 0 Å². The molecule has 1 fully saturated rings. The van der Waals surface area contributed by atoms with E-state index >= 15 is 0 Å². The van der Waals surface area contributed by atoms with Crippen LogP contribution in [0.25, 0.3) is 0 Å². The molecule has 1 aromatic carbocycles. The molecule has 5 nitrogen and oxygen atoms in total. The van der Waals surface area contributed by atoms with Crippen molar-refractivity contribution in [2.45, 2.75) is 77.7 Å². The van der Waals surface area contributed by atoms with Crippen molar-refractivity contribution in [1.82, 2.24) is 4.90 Å². The lowest BCUT2D eigenvalue weighted by atomic mass is 9.85. The number of esters is 1. The number of carbonyl (C=O) groups excluding carboxylic acids is 2. The number of rotatable bonds is 4. The first-order valence-electron chi connectivity index (χ1n) is 10.1. The van der Waals surface area contributed by atoms with Gasteiger partial charge in [-0.25, -0.2) is 9.79 Å². The number of thioether (sulfide) groups is 1. The molecule has 0 spiro atoms. The minimum atomic E-state index is -0.515. The molecule has 0 aliphatic carbocycles. The van der Waals surface area contributed by atoms with Crippen molar-refractivity contribution < 1.29 is 14.3 Å². The van der Waals surface area contributed by atoms with E-state index in [2.05, 4.69) is 37.9 Å². The van der Waals surface area contributed by atoms with Gasteiger partial charge in [0.05, 0.1) is 28.7 Å². The van der Waals surface area contributed by atoms with Gasteiger partial charge in [0.1, 0.15) is 0 Å². The van der Waals surface area contributed by atoms with Gasteiger partial charge >= 0.3 is 5.97 Å². The quantitative estimate of drug-likeness (QED) is 0.653. The second-order valence-electron chi connectivity index (χ2n) is 8.85. The average molecular weight is 415 g/mol. The van der Waals surface area contributed by atoms with Gasteiger partial charge in [-0.3, -0.25) is 9.69 Å². The Labute approximate surface area is 177 Å². The van der Waals surface area contributed by atoms with Crippen molar-refractivity contribution >= 4 is 28.8 Å². The number of nitrogens with zero attached hydrogens (tertiary/aromatic N) is 2. The van der Waals surface area contributed by atoms with E-state index in [0.29, 0.717) is 16.4 Å². The molecule has 1 amide bonds. The molecule has 0 aromatic heterocycles. The zero-order valence-corrected chi connectivity index (χ0v) is 19.1. The van der Waals surface area contributed by atoms with Crippen LogP contribution in [-0.2, 0) is 19.7 Å². The third-order valence-electron chi connectivity index (χ3n) is 5.18.